The first-order valence-corrected chi connectivity index (χ1v) is 0. The summed E-state index contributed by atoms with van der Waals surface area (Å²) in [4.78, 5) is 0. The van der Waals surface area contributed by atoms with Gasteiger partial charge in [0.1, 0.15) is 0 Å². The minimum absolute atomic E-state index is 0. The molecular formula is H3BCoFeGaNdW. The van der Waals surface area contributed by atoms with E-state index >= 15 is 0 Å². The van der Waals surface area contributed by atoms with Gasteiger partial charge >= 0.3 is 19.8 Å². The Morgan fingerprint density at radius 3 is 1.00 bits per heavy atom. The zero-order chi connectivity index (χ0) is 0. The van der Waals surface area contributed by atoms with Crippen molar-refractivity contribution in [1.29, 1.82) is 0 Å². The summed E-state index contributed by atoms with van der Waals surface area (Å²) < 4.78 is 0. The van der Waals surface area contributed by atoms with Crippen LogP contribution in [0, 0.1) is 40.8 Å². The van der Waals surface area contributed by atoms with Gasteiger partial charge < -0.3 is 0 Å². The van der Waals surface area contributed by atoms with E-state index in [1.54, 1.807) is 0 Å². The zero-order valence-electron chi connectivity index (χ0n) is 2.17. The van der Waals surface area contributed by atoms with E-state index in [0.29, 0.717) is 0 Å². The molecule has 0 fully saturated rings. The van der Waals surface area contributed by atoms with Crippen molar-refractivity contribution in [2.45, 2.75) is 0 Å². The van der Waals surface area contributed by atoms with Crippen molar-refractivity contribution in [1.82, 2.24) is 0 Å². The second-order valence-corrected chi connectivity index (χ2v) is 0. The molecule has 0 aliphatic rings. The SMILES string of the molecule is [B].[Co].[Fe].[GaH3].[Nd].[W]. The molecule has 4 radical (unpaired) electrons. The predicted octanol–water partition coefficient (Wildman–Crippen LogP) is -1.57. The molecule has 0 N–H and O–H groups in total. The van der Waals surface area contributed by atoms with E-state index in [2.05, 4.69) is 0 Å². The van der Waals surface area contributed by atoms with Crippen LogP contribution in [0.25, 0.3) is 0 Å². The summed E-state index contributed by atoms with van der Waals surface area (Å²) in [6.07, 6.45) is 0. The maximum atomic E-state index is 0. The molecule has 0 aromatic heterocycles. The average Bonchev–Trinajstić information content (AvgIpc) is 0. The minimum Gasteiger partial charge on any atom is 0 e. The van der Waals surface area contributed by atoms with E-state index in [1.165, 1.54) is 0 Å². The molecule has 0 heterocycles. The fraction of sp³-hybridized carbons (Fsp3) is 0. The van der Waals surface area contributed by atoms with Crippen molar-refractivity contribution < 1.29 is 95.8 Å². The topological polar surface area (TPSA) is 0 Å². The van der Waals surface area contributed by atoms with E-state index in [-0.39, 0.29) is 124 Å². The molecular weight excluding hydrogens is 523 g/mol. The molecule has 0 nitrogen and oxygen atoms in total. The number of hydrogen-bond donors (Lipinski definition) is 0. The molecule has 0 unspecified atom stereocenters. The fourth-order valence-corrected chi connectivity index (χ4v) is 0. The Bertz CT molecular complexity index is 15.5. The van der Waals surface area contributed by atoms with Crippen molar-refractivity contribution in [2.75, 3.05) is 0 Å². The molecule has 6 heavy (non-hydrogen) atoms. The Hall–Kier alpha value is 3.77. The van der Waals surface area contributed by atoms with Gasteiger partial charge in [-0.15, -0.1) is 0 Å². The molecule has 0 aliphatic heterocycles. The Kier molecular flexibility index (Phi) is 329. The summed E-state index contributed by atoms with van der Waals surface area (Å²) >= 11 is 0. The molecule has 0 aliphatic carbocycles. The summed E-state index contributed by atoms with van der Waals surface area (Å²) in [6.45, 7) is 0. The van der Waals surface area contributed by atoms with Crippen LogP contribution in [0.15, 0.2) is 0 Å². The minimum atomic E-state index is 0. The molecule has 0 saturated heterocycles. The van der Waals surface area contributed by atoms with E-state index in [1.807, 2.05) is 0 Å². The van der Waals surface area contributed by atoms with Crippen LogP contribution in [0.2, 0.25) is 0 Å². The summed E-state index contributed by atoms with van der Waals surface area (Å²) in [6, 6.07) is 0. The largest absolute Gasteiger partial charge is 0 e. The van der Waals surface area contributed by atoms with E-state index in [4.69, 9.17) is 0 Å². The van der Waals surface area contributed by atoms with E-state index < -0.39 is 0 Å². The fourth-order valence-electron chi connectivity index (χ4n) is 0. The standard InChI is InChI=1S/B.Co.Fe.Ga.Nd.W.3H. The molecule has 0 amide bonds. The molecule has 0 spiro atoms. The second kappa shape index (κ2) is 37.3. The van der Waals surface area contributed by atoms with Crippen molar-refractivity contribution in [3.63, 3.8) is 0 Å². The van der Waals surface area contributed by atoms with Gasteiger partial charge in [-0.1, -0.05) is 0 Å². The van der Waals surface area contributed by atoms with Crippen molar-refractivity contribution in [3.8, 4) is 0 Å². The average molecular weight is 526 g/mol. The molecule has 0 atom stereocenters. The van der Waals surface area contributed by atoms with E-state index in [9.17, 15) is 0 Å². The summed E-state index contributed by atoms with van der Waals surface area (Å²) in [5.74, 6) is 0. The third-order valence-electron chi connectivity index (χ3n) is 0. The second-order valence-electron chi connectivity index (χ2n) is 0. The molecule has 0 rings (SSSR count). The van der Waals surface area contributed by atoms with Crippen LogP contribution in [0.3, 0.4) is 0 Å². The Balaban J connectivity index is 0. The molecule has 0 aromatic carbocycles. The van der Waals surface area contributed by atoms with Gasteiger partial charge in [0.15, 0.2) is 0 Å². The first-order valence-electron chi connectivity index (χ1n) is 0. The molecule has 6 heteroatoms. The normalized spacial score (nSPS) is 0. The number of hydrogen-bond acceptors (Lipinski definition) is 0. The monoisotopic (exact) mass is 524 g/mol. The van der Waals surface area contributed by atoms with Gasteiger partial charge in [0.05, 0.1) is 0 Å². The van der Waals surface area contributed by atoms with Gasteiger partial charge in [-0.05, 0) is 0 Å². The quantitative estimate of drug-likeness (QED) is 0.335. The Morgan fingerprint density at radius 2 is 1.00 bits per heavy atom. The molecule has 0 bridgehead atoms. The number of rotatable bonds is 0. The van der Waals surface area contributed by atoms with Gasteiger partial charge in [0.25, 0.3) is 0 Å². The van der Waals surface area contributed by atoms with E-state index in [0.717, 1.165) is 0 Å². The molecule has 0 aromatic rings. The molecule has 36 valence electrons. The van der Waals surface area contributed by atoms with Crippen LogP contribution in [0.1, 0.15) is 0 Å². The van der Waals surface area contributed by atoms with Crippen molar-refractivity contribution in [2.24, 2.45) is 0 Å². The van der Waals surface area contributed by atoms with Gasteiger partial charge in [0.2, 0.25) is 0 Å². The van der Waals surface area contributed by atoms with Crippen LogP contribution in [-0.4, -0.2) is 28.2 Å². The first-order chi connectivity index (χ1) is 0. The third-order valence-corrected chi connectivity index (χ3v) is 0. The third kappa shape index (κ3) is 25.1. The van der Waals surface area contributed by atoms with Crippen LogP contribution in [0.4, 0.5) is 0 Å². The predicted molar refractivity (Wildman–Crippen MR) is 15.7 cm³/mol. The van der Waals surface area contributed by atoms with Crippen LogP contribution >= 0.6 is 0 Å². The zero-order valence-corrected chi connectivity index (χ0v) is 10.5. The van der Waals surface area contributed by atoms with Crippen molar-refractivity contribution >= 4 is 28.2 Å². The van der Waals surface area contributed by atoms with Crippen LogP contribution in [-0.2, 0) is 54.9 Å². The summed E-state index contributed by atoms with van der Waals surface area (Å²) in [5, 5.41) is 0. The smallest absolute Gasteiger partial charge is 0 e. The maximum Gasteiger partial charge on any atom is 0 e. The Labute approximate surface area is 121 Å². The van der Waals surface area contributed by atoms with Crippen LogP contribution in [0.5, 0.6) is 0 Å². The summed E-state index contributed by atoms with van der Waals surface area (Å²) in [5.41, 5.74) is 0. The maximum absolute atomic E-state index is 0. The van der Waals surface area contributed by atoms with Gasteiger partial charge in [-0.3, -0.25) is 0 Å². The molecule has 0 saturated carbocycles. The van der Waals surface area contributed by atoms with Crippen molar-refractivity contribution in [3.05, 3.63) is 0 Å². The van der Waals surface area contributed by atoms with Gasteiger partial charge in [-0.2, -0.15) is 0 Å². The first kappa shape index (κ1) is 52.9. The van der Waals surface area contributed by atoms with Crippen LogP contribution < -0.4 is 0 Å². The summed E-state index contributed by atoms with van der Waals surface area (Å²) in [7, 11) is 0. The van der Waals surface area contributed by atoms with Gasteiger partial charge in [-0.25, -0.2) is 0 Å². The Morgan fingerprint density at radius 1 is 1.00 bits per heavy atom. The van der Waals surface area contributed by atoms with Gasteiger partial charge in [0, 0.05) is 104 Å².